The van der Waals surface area contributed by atoms with E-state index in [2.05, 4.69) is 35.7 Å². The van der Waals surface area contributed by atoms with Gasteiger partial charge in [0.25, 0.3) is 5.56 Å². The van der Waals surface area contributed by atoms with Crippen LogP contribution in [-0.2, 0) is 7.05 Å². The van der Waals surface area contributed by atoms with Gasteiger partial charge in [0.05, 0.1) is 6.33 Å². The quantitative estimate of drug-likeness (QED) is 0.736. The molecule has 2 heterocycles. The lowest BCUT2D eigenvalue weighted by atomic mass is 10.3. The number of aromatic nitrogens is 4. The van der Waals surface area contributed by atoms with E-state index < -0.39 is 0 Å². The number of H-pyrrole nitrogens is 1. The third-order valence-electron chi connectivity index (χ3n) is 1.70. The number of aryl methyl sites for hydroxylation is 2. The van der Waals surface area contributed by atoms with Crippen LogP contribution in [0.5, 0.6) is 0 Å². The molecule has 0 aliphatic carbocycles. The first-order valence-corrected chi connectivity index (χ1v) is 5.29. The van der Waals surface area contributed by atoms with Gasteiger partial charge in [0, 0.05) is 7.05 Å². The normalized spacial score (nSPS) is 10.4. The van der Waals surface area contributed by atoms with Gasteiger partial charge >= 0.3 is 0 Å². The third-order valence-corrected chi connectivity index (χ3v) is 1.70. The Bertz CT molecular complexity index is 521. The van der Waals surface area contributed by atoms with E-state index in [9.17, 15) is 4.79 Å². The molecular weight excluding hydrogens is 204 g/mol. The van der Waals surface area contributed by atoms with Crippen molar-refractivity contribution in [2.75, 3.05) is 0 Å². The van der Waals surface area contributed by atoms with Gasteiger partial charge in [0.15, 0.2) is 11.2 Å². The Morgan fingerprint density at radius 3 is 2.50 bits per heavy atom. The van der Waals surface area contributed by atoms with Crippen LogP contribution in [-0.4, -0.2) is 19.5 Å². The highest BCUT2D eigenvalue weighted by Crippen LogP contribution is 2.01. The minimum absolute atomic E-state index is 0.141. The summed E-state index contributed by atoms with van der Waals surface area (Å²) >= 11 is 0. The molecule has 0 radical (unpaired) electrons. The van der Waals surface area contributed by atoms with Crippen LogP contribution in [0.15, 0.2) is 11.1 Å². The number of aromatic amines is 1. The molecule has 1 N–H and O–H groups in total. The van der Waals surface area contributed by atoms with Crippen molar-refractivity contribution >= 4 is 11.2 Å². The lowest BCUT2D eigenvalue weighted by Crippen LogP contribution is -2.11. The van der Waals surface area contributed by atoms with Gasteiger partial charge in [-0.25, -0.2) is 9.97 Å². The molecule has 0 aliphatic rings. The zero-order chi connectivity index (χ0) is 12.3. The van der Waals surface area contributed by atoms with Crippen LogP contribution >= 0.6 is 0 Å². The predicted octanol–water partition coefficient (Wildman–Crippen LogP) is 1.63. The molecule has 0 atom stereocenters. The molecule has 0 aromatic carbocycles. The van der Waals surface area contributed by atoms with Gasteiger partial charge in [-0.05, 0) is 12.8 Å². The molecule has 0 aliphatic heterocycles. The monoisotopic (exact) mass is 222 g/mol. The summed E-state index contributed by atoms with van der Waals surface area (Å²) in [6.45, 7) is 8.23. The van der Waals surface area contributed by atoms with Gasteiger partial charge < -0.3 is 9.55 Å². The number of rotatable bonds is 0. The molecule has 0 saturated carbocycles. The Morgan fingerprint density at radius 2 is 1.94 bits per heavy atom. The standard InChI is InChI=1S/C7H8N4O.C4H10/c1-4-9-6-5(7(12)10-4)11(2)3-8-6;1-4(2)3/h3H,1-2H3,(H,9,10,12);4H,1-3H3. The largest absolute Gasteiger partial charge is 0.328 e. The lowest BCUT2D eigenvalue weighted by Gasteiger charge is -1.93. The third kappa shape index (κ3) is 2.92. The van der Waals surface area contributed by atoms with Crippen LogP contribution in [0, 0.1) is 12.8 Å². The maximum atomic E-state index is 11.3. The number of imidazole rings is 1. The zero-order valence-electron chi connectivity index (χ0n) is 10.4. The Labute approximate surface area is 94.5 Å². The summed E-state index contributed by atoms with van der Waals surface area (Å²) in [5.41, 5.74) is 0.872. The Kier molecular flexibility index (Phi) is 3.82. The maximum Gasteiger partial charge on any atom is 0.277 e. The molecule has 0 amide bonds. The number of nitrogens with one attached hydrogen (secondary N) is 1. The molecule has 0 unspecified atom stereocenters. The van der Waals surface area contributed by atoms with E-state index in [0.717, 1.165) is 5.92 Å². The maximum absolute atomic E-state index is 11.3. The number of hydrogen-bond donors (Lipinski definition) is 1. The molecule has 0 fully saturated rings. The van der Waals surface area contributed by atoms with E-state index >= 15 is 0 Å². The molecule has 2 aromatic heterocycles. The average Bonchev–Trinajstić information content (AvgIpc) is 2.46. The molecule has 5 nitrogen and oxygen atoms in total. The Hall–Kier alpha value is -1.65. The lowest BCUT2D eigenvalue weighted by molar-refractivity contribution is 0.737. The van der Waals surface area contributed by atoms with Gasteiger partial charge in [-0.3, -0.25) is 4.79 Å². The Balaban J connectivity index is 0.000000280. The number of hydrogen-bond acceptors (Lipinski definition) is 3. The molecule has 0 spiro atoms. The van der Waals surface area contributed by atoms with Crippen LogP contribution < -0.4 is 5.56 Å². The minimum Gasteiger partial charge on any atom is -0.328 e. The second kappa shape index (κ2) is 4.92. The van der Waals surface area contributed by atoms with Crippen LogP contribution in [0.2, 0.25) is 0 Å². The smallest absolute Gasteiger partial charge is 0.277 e. The van der Waals surface area contributed by atoms with Gasteiger partial charge in [0.2, 0.25) is 0 Å². The topological polar surface area (TPSA) is 63.6 Å². The van der Waals surface area contributed by atoms with E-state index in [-0.39, 0.29) is 5.56 Å². The van der Waals surface area contributed by atoms with E-state index in [0.29, 0.717) is 17.0 Å². The van der Waals surface area contributed by atoms with Crippen molar-refractivity contribution in [2.45, 2.75) is 27.7 Å². The van der Waals surface area contributed by atoms with Crippen molar-refractivity contribution in [2.24, 2.45) is 13.0 Å². The first-order valence-electron chi connectivity index (χ1n) is 5.29. The predicted molar refractivity (Wildman–Crippen MR) is 64.4 cm³/mol. The summed E-state index contributed by atoms with van der Waals surface area (Å²) in [4.78, 5) is 22.0. The minimum atomic E-state index is -0.141. The van der Waals surface area contributed by atoms with Crippen LogP contribution in [0.4, 0.5) is 0 Å². The number of fused-ring (bicyclic) bond motifs is 1. The summed E-state index contributed by atoms with van der Waals surface area (Å²) in [6, 6.07) is 0. The van der Waals surface area contributed by atoms with Gasteiger partial charge in [-0.2, -0.15) is 0 Å². The molecule has 16 heavy (non-hydrogen) atoms. The molecule has 0 saturated heterocycles. The van der Waals surface area contributed by atoms with Crippen LogP contribution in [0.25, 0.3) is 11.2 Å². The van der Waals surface area contributed by atoms with E-state index in [1.807, 2.05) is 0 Å². The fourth-order valence-electron chi connectivity index (χ4n) is 1.17. The molecule has 5 heteroatoms. The average molecular weight is 222 g/mol. The van der Waals surface area contributed by atoms with Crippen molar-refractivity contribution in [1.29, 1.82) is 0 Å². The van der Waals surface area contributed by atoms with Crippen LogP contribution in [0.1, 0.15) is 26.6 Å². The summed E-state index contributed by atoms with van der Waals surface area (Å²) in [5, 5.41) is 0. The fourth-order valence-corrected chi connectivity index (χ4v) is 1.17. The van der Waals surface area contributed by atoms with Crippen molar-refractivity contribution < 1.29 is 0 Å². The number of nitrogens with zero attached hydrogens (tertiary/aromatic N) is 3. The van der Waals surface area contributed by atoms with Gasteiger partial charge in [0.1, 0.15) is 5.82 Å². The molecule has 0 bridgehead atoms. The first-order chi connectivity index (χ1) is 7.41. The van der Waals surface area contributed by atoms with E-state index in [4.69, 9.17) is 0 Å². The molecule has 2 rings (SSSR count). The van der Waals surface area contributed by atoms with E-state index in [1.165, 1.54) is 0 Å². The Morgan fingerprint density at radius 1 is 1.38 bits per heavy atom. The summed E-state index contributed by atoms with van der Waals surface area (Å²) in [5.74, 6) is 1.42. The summed E-state index contributed by atoms with van der Waals surface area (Å²) < 4.78 is 1.65. The highest BCUT2D eigenvalue weighted by molar-refractivity contribution is 5.68. The zero-order valence-corrected chi connectivity index (χ0v) is 10.4. The first kappa shape index (κ1) is 12.4. The second-order valence-electron chi connectivity index (χ2n) is 4.41. The van der Waals surface area contributed by atoms with Crippen LogP contribution in [0.3, 0.4) is 0 Å². The summed E-state index contributed by atoms with van der Waals surface area (Å²) in [6.07, 6.45) is 1.58. The van der Waals surface area contributed by atoms with Gasteiger partial charge in [-0.1, -0.05) is 20.8 Å². The summed E-state index contributed by atoms with van der Waals surface area (Å²) in [7, 11) is 1.77. The van der Waals surface area contributed by atoms with Gasteiger partial charge in [-0.15, -0.1) is 0 Å². The fraction of sp³-hybridized carbons (Fsp3) is 0.545. The van der Waals surface area contributed by atoms with E-state index in [1.54, 1.807) is 24.9 Å². The molecule has 88 valence electrons. The van der Waals surface area contributed by atoms with Crippen molar-refractivity contribution in [3.05, 3.63) is 22.5 Å². The SMILES string of the molecule is CC(C)C.Cc1nc2ncn(C)c2c(=O)[nH]1. The van der Waals surface area contributed by atoms with Crippen molar-refractivity contribution in [1.82, 2.24) is 19.5 Å². The highest BCUT2D eigenvalue weighted by atomic mass is 16.1. The second-order valence-corrected chi connectivity index (χ2v) is 4.41. The molecule has 2 aromatic rings. The van der Waals surface area contributed by atoms with Crippen molar-refractivity contribution in [3.63, 3.8) is 0 Å². The highest BCUT2D eigenvalue weighted by Gasteiger charge is 2.05. The molecular formula is C11H18N4O. The van der Waals surface area contributed by atoms with Crippen molar-refractivity contribution in [3.8, 4) is 0 Å².